The molecule has 2 N–H and O–H groups in total. The van der Waals surface area contributed by atoms with Crippen LogP contribution < -0.4 is 5.73 Å². The standard InChI is InChI=1S/C14H27N/c1-11(2)10-14(8-3-4-9-14)13(15)12-6-5-7-12/h11-13H,3-10,15H2,1-2H3. The summed E-state index contributed by atoms with van der Waals surface area (Å²) in [5.41, 5.74) is 7.09. The zero-order valence-corrected chi connectivity index (χ0v) is 10.5. The Morgan fingerprint density at radius 3 is 2.13 bits per heavy atom. The van der Waals surface area contributed by atoms with Gasteiger partial charge >= 0.3 is 0 Å². The summed E-state index contributed by atoms with van der Waals surface area (Å²) in [7, 11) is 0. The third-order valence-electron chi connectivity index (χ3n) is 4.78. The lowest BCUT2D eigenvalue weighted by Gasteiger charge is -2.44. The fourth-order valence-corrected chi connectivity index (χ4v) is 3.86. The third-order valence-corrected chi connectivity index (χ3v) is 4.78. The quantitative estimate of drug-likeness (QED) is 0.750. The zero-order chi connectivity index (χ0) is 10.9. The predicted molar refractivity (Wildman–Crippen MR) is 65.7 cm³/mol. The lowest BCUT2D eigenvalue weighted by Crippen LogP contribution is -2.48. The maximum absolute atomic E-state index is 6.57. The molecule has 2 rings (SSSR count). The average molecular weight is 209 g/mol. The summed E-state index contributed by atoms with van der Waals surface area (Å²) in [5, 5.41) is 0. The fraction of sp³-hybridized carbons (Fsp3) is 1.00. The van der Waals surface area contributed by atoms with Crippen LogP contribution in [-0.2, 0) is 0 Å². The Hall–Kier alpha value is -0.0400. The van der Waals surface area contributed by atoms with Crippen LogP contribution >= 0.6 is 0 Å². The van der Waals surface area contributed by atoms with Gasteiger partial charge in [0.2, 0.25) is 0 Å². The predicted octanol–water partition coefficient (Wildman–Crippen LogP) is 3.72. The van der Waals surface area contributed by atoms with E-state index in [0.717, 1.165) is 11.8 Å². The van der Waals surface area contributed by atoms with E-state index in [-0.39, 0.29) is 0 Å². The van der Waals surface area contributed by atoms with Crippen LogP contribution in [-0.4, -0.2) is 6.04 Å². The van der Waals surface area contributed by atoms with Crippen molar-refractivity contribution in [1.82, 2.24) is 0 Å². The highest BCUT2D eigenvalue weighted by molar-refractivity contribution is 4.98. The summed E-state index contributed by atoms with van der Waals surface area (Å²) in [6.45, 7) is 4.71. The summed E-state index contributed by atoms with van der Waals surface area (Å²) >= 11 is 0. The topological polar surface area (TPSA) is 26.0 Å². The third kappa shape index (κ3) is 2.22. The van der Waals surface area contributed by atoms with Crippen LogP contribution in [0.5, 0.6) is 0 Å². The molecule has 2 aliphatic carbocycles. The smallest absolute Gasteiger partial charge is 0.0124 e. The van der Waals surface area contributed by atoms with Crippen molar-refractivity contribution in [2.24, 2.45) is 23.0 Å². The van der Waals surface area contributed by atoms with E-state index in [4.69, 9.17) is 5.73 Å². The molecule has 0 heterocycles. The van der Waals surface area contributed by atoms with E-state index in [2.05, 4.69) is 13.8 Å². The highest BCUT2D eigenvalue weighted by Gasteiger charge is 2.44. The normalized spacial score (nSPS) is 28.0. The molecule has 0 radical (unpaired) electrons. The van der Waals surface area contributed by atoms with Crippen molar-refractivity contribution in [3.63, 3.8) is 0 Å². The molecule has 0 aromatic carbocycles. The number of hydrogen-bond donors (Lipinski definition) is 1. The van der Waals surface area contributed by atoms with Crippen molar-refractivity contribution in [3.05, 3.63) is 0 Å². The first-order valence-electron chi connectivity index (χ1n) is 6.90. The molecular weight excluding hydrogens is 182 g/mol. The van der Waals surface area contributed by atoms with E-state index in [1.165, 1.54) is 51.4 Å². The van der Waals surface area contributed by atoms with Gasteiger partial charge in [-0.15, -0.1) is 0 Å². The maximum Gasteiger partial charge on any atom is 0.0124 e. The first-order valence-corrected chi connectivity index (χ1v) is 6.90. The van der Waals surface area contributed by atoms with E-state index in [9.17, 15) is 0 Å². The minimum atomic E-state index is 0.510. The van der Waals surface area contributed by atoms with Crippen LogP contribution in [0.3, 0.4) is 0 Å². The van der Waals surface area contributed by atoms with Gasteiger partial charge in [0, 0.05) is 6.04 Å². The Kier molecular flexibility index (Phi) is 3.39. The van der Waals surface area contributed by atoms with Crippen molar-refractivity contribution in [2.45, 2.75) is 71.3 Å². The van der Waals surface area contributed by atoms with Crippen molar-refractivity contribution >= 4 is 0 Å². The van der Waals surface area contributed by atoms with Gasteiger partial charge in [0.05, 0.1) is 0 Å². The highest BCUT2D eigenvalue weighted by Crippen LogP contribution is 2.49. The van der Waals surface area contributed by atoms with E-state index < -0.39 is 0 Å². The molecule has 2 fully saturated rings. The SMILES string of the molecule is CC(C)CC1(C(N)C2CCC2)CCCC1. The molecule has 15 heavy (non-hydrogen) atoms. The monoisotopic (exact) mass is 209 g/mol. The molecule has 0 amide bonds. The molecule has 88 valence electrons. The Morgan fingerprint density at radius 1 is 1.13 bits per heavy atom. The number of nitrogens with two attached hydrogens (primary N) is 1. The van der Waals surface area contributed by atoms with Crippen LogP contribution in [0.25, 0.3) is 0 Å². The summed E-state index contributed by atoms with van der Waals surface area (Å²) < 4.78 is 0. The molecule has 1 heteroatoms. The molecule has 2 aliphatic rings. The van der Waals surface area contributed by atoms with Crippen LogP contribution in [0.1, 0.15) is 65.2 Å². The minimum absolute atomic E-state index is 0.510. The summed E-state index contributed by atoms with van der Waals surface area (Å²) in [5.74, 6) is 1.68. The van der Waals surface area contributed by atoms with Gasteiger partial charge in [-0.1, -0.05) is 33.1 Å². The van der Waals surface area contributed by atoms with Gasteiger partial charge in [0.25, 0.3) is 0 Å². The van der Waals surface area contributed by atoms with E-state index >= 15 is 0 Å². The summed E-state index contributed by atoms with van der Waals surface area (Å²) in [4.78, 5) is 0. The average Bonchev–Trinajstić information content (AvgIpc) is 2.49. The molecular formula is C14H27N. The Morgan fingerprint density at radius 2 is 1.73 bits per heavy atom. The van der Waals surface area contributed by atoms with Gasteiger partial charge < -0.3 is 5.73 Å². The molecule has 0 aromatic heterocycles. The number of hydrogen-bond acceptors (Lipinski definition) is 1. The van der Waals surface area contributed by atoms with Crippen molar-refractivity contribution in [1.29, 1.82) is 0 Å². The van der Waals surface area contributed by atoms with E-state index in [0.29, 0.717) is 11.5 Å². The molecule has 0 bridgehead atoms. The molecule has 0 spiro atoms. The molecule has 1 unspecified atom stereocenters. The lowest BCUT2D eigenvalue weighted by molar-refractivity contribution is 0.0996. The Bertz CT molecular complexity index is 199. The minimum Gasteiger partial charge on any atom is -0.327 e. The molecule has 0 aromatic rings. The van der Waals surface area contributed by atoms with E-state index in [1.54, 1.807) is 0 Å². The Balaban J connectivity index is 2.03. The summed E-state index contributed by atoms with van der Waals surface area (Å²) in [6.07, 6.45) is 11.3. The van der Waals surface area contributed by atoms with Crippen molar-refractivity contribution in [2.75, 3.05) is 0 Å². The lowest BCUT2D eigenvalue weighted by atomic mass is 9.64. The first-order chi connectivity index (χ1) is 7.14. The van der Waals surface area contributed by atoms with Crippen molar-refractivity contribution < 1.29 is 0 Å². The van der Waals surface area contributed by atoms with Crippen LogP contribution in [0, 0.1) is 17.3 Å². The molecule has 2 saturated carbocycles. The van der Waals surface area contributed by atoms with Gasteiger partial charge in [-0.25, -0.2) is 0 Å². The summed E-state index contributed by atoms with van der Waals surface area (Å²) in [6, 6.07) is 0.510. The van der Waals surface area contributed by atoms with Crippen LogP contribution in [0.15, 0.2) is 0 Å². The number of rotatable bonds is 4. The van der Waals surface area contributed by atoms with Gasteiger partial charge in [0.15, 0.2) is 0 Å². The van der Waals surface area contributed by atoms with Crippen LogP contribution in [0.2, 0.25) is 0 Å². The van der Waals surface area contributed by atoms with Crippen LogP contribution in [0.4, 0.5) is 0 Å². The fourth-order valence-electron chi connectivity index (χ4n) is 3.86. The molecule has 0 saturated heterocycles. The van der Waals surface area contributed by atoms with Crippen molar-refractivity contribution in [3.8, 4) is 0 Å². The Labute approximate surface area is 94.8 Å². The second kappa shape index (κ2) is 4.45. The first kappa shape index (κ1) is 11.4. The van der Waals surface area contributed by atoms with Gasteiger partial charge in [-0.2, -0.15) is 0 Å². The molecule has 1 atom stereocenters. The van der Waals surface area contributed by atoms with Gasteiger partial charge in [0.1, 0.15) is 0 Å². The van der Waals surface area contributed by atoms with E-state index in [1.807, 2.05) is 0 Å². The second-order valence-electron chi connectivity index (χ2n) is 6.38. The molecule has 0 aliphatic heterocycles. The van der Waals surface area contributed by atoms with Gasteiger partial charge in [-0.05, 0) is 49.4 Å². The van der Waals surface area contributed by atoms with Gasteiger partial charge in [-0.3, -0.25) is 0 Å². The second-order valence-corrected chi connectivity index (χ2v) is 6.38. The highest BCUT2D eigenvalue weighted by atomic mass is 14.7. The zero-order valence-electron chi connectivity index (χ0n) is 10.5. The molecule has 1 nitrogen and oxygen atoms in total. The maximum atomic E-state index is 6.57. The largest absolute Gasteiger partial charge is 0.327 e.